The Balaban J connectivity index is 1.35. The molecule has 1 aliphatic heterocycles. The second-order valence-corrected chi connectivity index (χ2v) is 10.6. The normalized spacial score (nSPS) is 19.2. The van der Waals surface area contributed by atoms with Crippen molar-refractivity contribution in [1.29, 1.82) is 0 Å². The number of anilines is 1. The molecule has 1 saturated heterocycles. The third kappa shape index (κ3) is 4.24. The number of hydrogen-bond donors (Lipinski definition) is 1. The number of piperidine rings is 1. The summed E-state index contributed by atoms with van der Waals surface area (Å²) in [5, 5.41) is 1.03. The number of likely N-dealkylation sites (N-methyl/N-ethyl adjacent to an activating group) is 1. The van der Waals surface area contributed by atoms with Gasteiger partial charge in [-0.05, 0) is 54.8 Å². The van der Waals surface area contributed by atoms with Crippen LogP contribution >= 0.6 is 0 Å². The Morgan fingerprint density at radius 2 is 1.88 bits per heavy atom. The van der Waals surface area contributed by atoms with Gasteiger partial charge in [-0.25, -0.2) is 18.4 Å². The summed E-state index contributed by atoms with van der Waals surface area (Å²) >= 11 is 0. The van der Waals surface area contributed by atoms with E-state index in [9.17, 15) is 8.42 Å². The topological polar surface area (TPSA) is 91.4 Å². The van der Waals surface area contributed by atoms with Crippen molar-refractivity contribution in [2.75, 3.05) is 25.0 Å². The number of hydrogen-bond acceptors (Lipinski definition) is 6. The van der Waals surface area contributed by atoms with E-state index < -0.39 is 10.0 Å². The molecule has 1 aliphatic rings. The number of nitrogens with one attached hydrogen (secondary N) is 1. The minimum Gasteiger partial charge on any atom is -0.439 e. The summed E-state index contributed by atoms with van der Waals surface area (Å²) in [6.45, 7) is 3.10. The molecule has 1 N–H and O–H groups in total. The summed E-state index contributed by atoms with van der Waals surface area (Å²) in [7, 11) is -1.61. The van der Waals surface area contributed by atoms with Crippen LogP contribution in [-0.2, 0) is 10.0 Å². The summed E-state index contributed by atoms with van der Waals surface area (Å²) in [6.07, 6.45) is 6.08. The monoisotopic (exact) mass is 477 g/mol. The highest BCUT2D eigenvalue weighted by molar-refractivity contribution is 7.89. The predicted molar refractivity (Wildman–Crippen MR) is 132 cm³/mol. The van der Waals surface area contributed by atoms with E-state index in [0.717, 1.165) is 23.1 Å². The van der Waals surface area contributed by atoms with E-state index in [1.54, 1.807) is 47.0 Å². The number of ether oxygens (including phenoxy) is 1. The Morgan fingerprint density at radius 3 is 2.65 bits per heavy atom. The molecule has 34 heavy (non-hydrogen) atoms. The fraction of sp³-hybridized carbons (Fsp3) is 0.280. The van der Waals surface area contributed by atoms with Crippen LogP contribution in [0.2, 0.25) is 0 Å². The van der Waals surface area contributed by atoms with Crippen LogP contribution in [0.1, 0.15) is 13.3 Å². The minimum atomic E-state index is -3.64. The van der Waals surface area contributed by atoms with E-state index in [2.05, 4.69) is 26.8 Å². The molecule has 5 rings (SSSR count). The molecule has 1 aromatic carbocycles. The molecule has 0 unspecified atom stereocenters. The quantitative estimate of drug-likeness (QED) is 0.446. The fourth-order valence-corrected chi connectivity index (χ4v) is 6.00. The van der Waals surface area contributed by atoms with Gasteiger partial charge in [0, 0.05) is 61.9 Å². The average molecular weight is 478 g/mol. The van der Waals surface area contributed by atoms with Crippen molar-refractivity contribution < 1.29 is 13.2 Å². The number of rotatable bonds is 6. The minimum absolute atomic E-state index is 0.0378. The molecular weight excluding hydrogens is 450 g/mol. The van der Waals surface area contributed by atoms with Crippen LogP contribution in [0.25, 0.3) is 11.0 Å². The summed E-state index contributed by atoms with van der Waals surface area (Å²) in [5.74, 6) is 1.34. The van der Waals surface area contributed by atoms with Crippen LogP contribution in [-0.4, -0.2) is 53.9 Å². The van der Waals surface area contributed by atoms with Gasteiger partial charge < -0.3 is 14.6 Å². The molecule has 0 radical (unpaired) electrons. The number of fused-ring (bicyclic) bond motifs is 1. The summed E-state index contributed by atoms with van der Waals surface area (Å²) in [4.78, 5) is 14.1. The molecule has 2 atom stereocenters. The van der Waals surface area contributed by atoms with Gasteiger partial charge in [0.05, 0.1) is 4.90 Å². The van der Waals surface area contributed by atoms with Crippen molar-refractivity contribution in [1.82, 2.24) is 19.3 Å². The molecule has 9 heteroatoms. The van der Waals surface area contributed by atoms with E-state index in [0.29, 0.717) is 30.6 Å². The maximum atomic E-state index is 13.5. The Bertz CT molecular complexity index is 1370. The first-order valence-electron chi connectivity index (χ1n) is 11.3. The van der Waals surface area contributed by atoms with Gasteiger partial charge in [-0.2, -0.15) is 4.31 Å². The van der Waals surface area contributed by atoms with Gasteiger partial charge in [-0.1, -0.05) is 13.0 Å². The zero-order valence-electron chi connectivity index (χ0n) is 19.1. The van der Waals surface area contributed by atoms with E-state index in [4.69, 9.17) is 4.74 Å². The van der Waals surface area contributed by atoms with Gasteiger partial charge in [-0.3, -0.25) is 0 Å². The summed E-state index contributed by atoms with van der Waals surface area (Å²) in [6, 6.07) is 15.9. The van der Waals surface area contributed by atoms with Crippen molar-refractivity contribution in [2.24, 2.45) is 5.92 Å². The molecule has 8 nitrogen and oxygen atoms in total. The lowest BCUT2D eigenvalue weighted by Crippen LogP contribution is -2.52. The Hall–Kier alpha value is -3.43. The van der Waals surface area contributed by atoms with Gasteiger partial charge in [0.2, 0.25) is 15.9 Å². The number of benzene rings is 1. The number of aromatic amines is 1. The summed E-state index contributed by atoms with van der Waals surface area (Å²) < 4.78 is 34.3. The fourth-order valence-electron chi connectivity index (χ4n) is 4.53. The molecule has 0 bridgehead atoms. The Kier molecular flexibility index (Phi) is 5.97. The molecular formula is C25H27N5O3S. The first-order valence-corrected chi connectivity index (χ1v) is 12.7. The van der Waals surface area contributed by atoms with Gasteiger partial charge in [-0.15, -0.1) is 0 Å². The lowest BCUT2D eigenvalue weighted by Gasteiger charge is -2.42. The number of H-pyrrole nitrogens is 1. The van der Waals surface area contributed by atoms with Crippen LogP contribution in [0, 0.1) is 5.92 Å². The third-order valence-electron chi connectivity index (χ3n) is 6.52. The average Bonchev–Trinajstić information content (AvgIpc) is 3.34. The highest BCUT2D eigenvalue weighted by Crippen LogP contribution is 2.32. The van der Waals surface area contributed by atoms with Crippen LogP contribution in [0.15, 0.2) is 78.1 Å². The maximum Gasteiger partial charge on any atom is 0.243 e. The zero-order chi connectivity index (χ0) is 23.7. The predicted octanol–water partition coefficient (Wildman–Crippen LogP) is 4.29. The van der Waals surface area contributed by atoms with Crippen molar-refractivity contribution in [2.45, 2.75) is 24.3 Å². The molecule has 4 aromatic rings. The Morgan fingerprint density at radius 1 is 1.06 bits per heavy atom. The van der Waals surface area contributed by atoms with Crippen molar-refractivity contribution in [3.63, 3.8) is 0 Å². The van der Waals surface area contributed by atoms with Crippen molar-refractivity contribution in [3.8, 4) is 11.6 Å². The van der Waals surface area contributed by atoms with E-state index >= 15 is 0 Å². The third-order valence-corrected chi connectivity index (χ3v) is 8.40. The number of pyridine rings is 2. The van der Waals surface area contributed by atoms with Gasteiger partial charge in [0.25, 0.3) is 0 Å². The summed E-state index contributed by atoms with van der Waals surface area (Å²) in [5.41, 5.74) is 1.86. The van der Waals surface area contributed by atoms with Crippen molar-refractivity contribution >= 4 is 26.7 Å². The zero-order valence-corrected chi connectivity index (χ0v) is 19.9. The molecule has 0 saturated carbocycles. The van der Waals surface area contributed by atoms with Crippen LogP contribution in [0.4, 0.5) is 5.69 Å². The highest BCUT2D eigenvalue weighted by atomic mass is 32.2. The van der Waals surface area contributed by atoms with Gasteiger partial charge in [0.1, 0.15) is 11.4 Å². The lowest BCUT2D eigenvalue weighted by atomic mass is 9.93. The molecule has 0 aliphatic carbocycles. The van der Waals surface area contributed by atoms with Crippen LogP contribution < -0.4 is 9.64 Å². The molecule has 4 heterocycles. The number of aromatic nitrogens is 3. The largest absolute Gasteiger partial charge is 0.439 e. The molecule has 1 fully saturated rings. The number of sulfonamides is 1. The lowest BCUT2D eigenvalue weighted by molar-refractivity contribution is 0.248. The molecule has 3 aromatic heterocycles. The first kappa shape index (κ1) is 22.4. The standard InChI is InChI=1S/C25H27N5O3S/c1-18-12-16-30(17-23(18)29(2)22-11-15-28-25-21(22)10-14-27-25)34(31,32)20-8-6-19(7-9-20)33-24-5-3-4-13-26-24/h3-11,13-15,18,23H,12,16-17H2,1-2H3,(H,27,28)/t18-,23+/m1/s1. The van der Waals surface area contributed by atoms with Crippen molar-refractivity contribution in [3.05, 3.63) is 73.2 Å². The second-order valence-electron chi connectivity index (χ2n) is 8.62. The van der Waals surface area contributed by atoms with E-state index in [1.807, 2.05) is 37.5 Å². The van der Waals surface area contributed by atoms with Gasteiger partial charge in [0.15, 0.2) is 0 Å². The smallest absolute Gasteiger partial charge is 0.243 e. The van der Waals surface area contributed by atoms with Crippen LogP contribution in [0.3, 0.4) is 0 Å². The second kappa shape index (κ2) is 9.08. The number of nitrogens with zero attached hydrogens (tertiary/aromatic N) is 4. The Labute approximate surface area is 199 Å². The first-order chi connectivity index (χ1) is 16.4. The van der Waals surface area contributed by atoms with E-state index in [-0.39, 0.29) is 10.9 Å². The maximum absolute atomic E-state index is 13.5. The van der Waals surface area contributed by atoms with Crippen LogP contribution in [0.5, 0.6) is 11.6 Å². The molecule has 0 amide bonds. The van der Waals surface area contributed by atoms with E-state index in [1.165, 1.54) is 0 Å². The van der Waals surface area contributed by atoms with Gasteiger partial charge >= 0.3 is 0 Å². The highest BCUT2D eigenvalue weighted by Gasteiger charge is 2.36. The molecule has 0 spiro atoms. The SMILES string of the molecule is C[C@@H]1CCN(S(=O)(=O)c2ccc(Oc3ccccn3)cc2)C[C@@H]1N(C)c1ccnc2[nH]ccc12. The molecule has 176 valence electrons.